The van der Waals surface area contributed by atoms with Crippen LogP contribution in [0.4, 0.5) is 17.5 Å². The maximum atomic E-state index is 12.0. The minimum atomic E-state index is -1.00. The van der Waals surface area contributed by atoms with Gasteiger partial charge in [0.25, 0.3) is 0 Å². The molecule has 5 rings (SSSR count). The Balaban J connectivity index is 1.41. The number of morpholine rings is 1. The van der Waals surface area contributed by atoms with Gasteiger partial charge in [0.05, 0.1) is 36.6 Å². The van der Waals surface area contributed by atoms with Gasteiger partial charge in [0.1, 0.15) is 11.5 Å². The molecule has 4 N–H and O–H groups in total. The van der Waals surface area contributed by atoms with Crippen molar-refractivity contribution in [3.8, 4) is 0 Å². The summed E-state index contributed by atoms with van der Waals surface area (Å²) in [7, 11) is 0. The number of primary amides is 1. The fourth-order valence-corrected chi connectivity index (χ4v) is 4.39. The van der Waals surface area contributed by atoms with E-state index in [9.17, 15) is 14.7 Å². The molecule has 2 aliphatic rings. The number of carboxylic acids is 1. The maximum absolute atomic E-state index is 12.0. The van der Waals surface area contributed by atoms with Crippen molar-refractivity contribution in [1.82, 2.24) is 19.5 Å². The standard InChI is InChI=1S/C22H25N7O4/c23-17(30)11-16(22(4-5-22)20(31)32)29-6-3-14-12-25-21(27-19(14)29)26-15-1-2-18(24-13-15)28-7-9-33-10-8-28/h1-3,6,12-13,16H,4-5,7-11H2,(H2,23,30)(H,31,32)(H,25,26,27). The Morgan fingerprint density at radius 3 is 2.61 bits per heavy atom. The molecule has 3 aromatic heterocycles. The number of aliphatic carboxylic acids is 1. The summed E-state index contributed by atoms with van der Waals surface area (Å²) in [6.45, 7) is 2.99. The largest absolute Gasteiger partial charge is 0.481 e. The number of nitrogens with one attached hydrogen (secondary N) is 1. The third-order valence-electron chi connectivity index (χ3n) is 6.38. The Morgan fingerprint density at radius 2 is 1.97 bits per heavy atom. The summed E-state index contributed by atoms with van der Waals surface area (Å²) in [5.74, 6) is -0.240. The molecule has 1 aliphatic carbocycles. The third-order valence-corrected chi connectivity index (χ3v) is 6.38. The molecule has 2 fully saturated rings. The van der Waals surface area contributed by atoms with Crippen molar-refractivity contribution in [2.24, 2.45) is 11.1 Å². The van der Waals surface area contributed by atoms with E-state index < -0.39 is 23.3 Å². The highest BCUT2D eigenvalue weighted by atomic mass is 16.5. The van der Waals surface area contributed by atoms with Gasteiger partial charge < -0.3 is 30.4 Å². The molecule has 11 nitrogen and oxygen atoms in total. The van der Waals surface area contributed by atoms with Crippen LogP contribution in [0.3, 0.4) is 0 Å². The average Bonchev–Trinajstić information content (AvgIpc) is 3.53. The second-order valence-electron chi connectivity index (χ2n) is 8.47. The Morgan fingerprint density at radius 1 is 1.18 bits per heavy atom. The number of nitrogens with two attached hydrogens (primary N) is 1. The molecule has 1 aliphatic heterocycles. The SMILES string of the molecule is NC(=O)CC(n1ccc2cnc(Nc3ccc(N4CCOCC4)nc3)nc21)C1(C(=O)O)CC1. The van der Waals surface area contributed by atoms with E-state index in [2.05, 4.69) is 25.2 Å². The molecule has 172 valence electrons. The lowest BCUT2D eigenvalue weighted by Gasteiger charge is -2.27. The van der Waals surface area contributed by atoms with Crippen molar-refractivity contribution in [2.75, 3.05) is 36.5 Å². The van der Waals surface area contributed by atoms with Gasteiger partial charge in [-0.05, 0) is 31.0 Å². The first-order valence-corrected chi connectivity index (χ1v) is 10.9. The van der Waals surface area contributed by atoms with Crippen LogP contribution in [0.15, 0.2) is 36.8 Å². The number of fused-ring (bicyclic) bond motifs is 1. The molecule has 1 atom stereocenters. The number of hydrogen-bond acceptors (Lipinski definition) is 8. The van der Waals surface area contributed by atoms with Gasteiger partial charge in [-0.2, -0.15) is 4.98 Å². The van der Waals surface area contributed by atoms with Gasteiger partial charge in [0, 0.05) is 37.3 Å². The molecule has 1 amide bonds. The summed E-state index contributed by atoms with van der Waals surface area (Å²) < 4.78 is 7.12. The summed E-state index contributed by atoms with van der Waals surface area (Å²) in [5.41, 5.74) is 5.73. The molecule has 0 radical (unpaired) electrons. The van der Waals surface area contributed by atoms with Crippen molar-refractivity contribution in [1.29, 1.82) is 0 Å². The van der Waals surface area contributed by atoms with Gasteiger partial charge >= 0.3 is 5.97 Å². The zero-order valence-corrected chi connectivity index (χ0v) is 18.0. The van der Waals surface area contributed by atoms with Crippen LogP contribution in [0.5, 0.6) is 0 Å². The van der Waals surface area contributed by atoms with E-state index in [1.54, 1.807) is 23.2 Å². The molecule has 33 heavy (non-hydrogen) atoms. The van der Waals surface area contributed by atoms with E-state index in [4.69, 9.17) is 10.5 Å². The van der Waals surface area contributed by atoms with Gasteiger partial charge in [-0.1, -0.05) is 0 Å². The van der Waals surface area contributed by atoms with Gasteiger partial charge in [0.2, 0.25) is 11.9 Å². The van der Waals surface area contributed by atoms with Gasteiger partial charge in [0.15, 0.2) is 0 Å². The van der Waals surface area contributed by atoms with Crippen molar-refractivity contribution in [3.05, 3.63) is 36.8 Å². The van der Waals surface area contributed by atoms with Crippen LogP contribution in [0, 0.1) is 5.41 Å². The predicted molar refractivity (Wildman–Crippen MR) is 120 cm³/mol. The number of amides is 1. The van der Waals surface area contributed by atoms with Crippen LogP contribution in [0.25, 0.3) is 11.0 Å². The molecule has 0 bridgehead atoms. The summed E-state index contributed by atoms with van der Waals surface area (Å²) in [6, 6.07) is 5.04. The molecule has 11 heteroatoms. The first-order chi connectivity index (χ1) is 16.0. The molecule has 4 heterocycles. The second-order valence-corrected chi connectivity index (χ2v) is 8.47. The number of carbonyl (C=O) groups is 2. The molecule has 0 spiro atoms. The summed E-state index contributed by atoms with van der Waals surface area (Å²) in [5, 5.41) is 13.7. The zero-order valence-electron chi connectivity index (χ0n) is 18.0. The van der Waals surface area contributed by atoms with E-state index in [-0.39, 0.29) is 6.42 Å². The molecule has 1 saturated heterocycles. The minimum absolute atomic E-state index is 0.0736. The number of carboxylic acid groups (broad SMARTS) is 1. The van der Waals surface area contributed by atoms with Crippen LogP contribution in [0.1, 0.15) is 25.3 Å². The van der Waals surface area contributed by atoms with Gasteiger partial charge in [-0.15, -0.1) is 0 Å². The van der Waals surface area contributed by atoms with Crippen LogP contribution < -0.4 is 16.0 Å². The molecule has 0 aromatic carbocycles. The lowest BCUT2D eigenvalue weighted by molar-refractivity contribution is -0.145. The van der Waals surface area contributed by atoms with Gasteiger partial charge in [-0.3, -0.25) is 9.59 Å². The molecular formula is C22H25N7O4. The smallest absolute Gasteiger partial charge is 0.311 e. The molecule has 3 aromatic rings. The second kappa shape index (κ2) is 8.32. The third kappa shape index (κ3) is 4.07. The number of aromatic nitrogens is 4. The fourth-order valence-electron chi connectivity index (χ4n) is 4.39. The minimum Gasteiger partial charge on any atom is -0.481 e. The van der Waals surface area contributed by atoms with E-state index in [1.807, 2.05) is 18.2 Å². The van der Waals surface area contributed by atoms with Crippen LogP contribution in [0.2, 0.25) is 0 Å². The van der Waals surface area contributed by atoms with Crippen molar-refractivity contribution < 1.29 is 19.4 Å². The normalized spacial score (nSPS) is 18.1. The first-order valence-electron chi connectivity index (χ1n) is 10.9. The van der Waals surface area contributed by atoms with E-state index in [1.165, 1.54) is 0 Å². The molecule has 1 saturated carbocycles. The van der Waals surface area contributed by atoms with E-state index >= 15 is 0 Å². The quantitative estimate of drug-likeness (QED) is 0.465. The highest BCUT2D eigenvalue weighted by Gasteiger charge is 2.57. The number of carbonyl (C=O) groups excluding carboxylic acids is 1. The number of anilines is 3. The number of nitrogens with zero attached hydrogens (tertiary/aromatic N) is 5. The Kier molecular flexibility index (Phi) is 5.33. The zero-order chi connectivity index (χ0) is 23.0. The highest BCUT2D eigenvalue weighted by molar-refractivity contribution is 5.83. The number of rotatable bonds is 8. The van der Waals surface area contributed by atoms with Crippen molar-refractivity contribution >= 4 is 40.4 Å². The molecule has 1 unspecified atom stereocenters. The number of ether oxygens (including phenoxy) is 1. The first kappa shape index (κ1) is 21.1. The van der Waals surface area contributed by atoms with Crippen LogP contribution in [-0.2, 0) is 14.3 Å². The number of pyridine rings is 1. The topological polar surface area (TPSA) is 148 Å². The highest BCUT2D eigenvalue weighted by Crippen LogP contribution is 2.56. The van der Waals surface area contributed by atoms with Crippen LogP contribution >= 0.6 is 0 Å². The van der Waals surface area contributed by atoms with Gasteiger partial charge in [-0.25, -0.2) is 9.97 Å². The maximum Gasteiger partial charge on any atom is 0.311 e. The Labute approximate surface area is 189 Å². The van der Waals surface area contributed by atoms with Crippen molar-refractivity contribution in [2.45, 2.75) is 25.3 Å². The average molecular weight is 451 g/mol. The monoisotopic (exact) mass is 451 g/mol. The van der Waals surface area contributed by atoms with E-state index in [0.717, 1.165) is 30.0 Å². The van der Waals surface area contributed by atoms with E-state index in [0.29, 0.717) is 37.7 Å². The molecular weight excluding hydrogens is 426 g/mol. The fraction of sp³-hybridized carbons (Fsp3) is 0.409. The van der Waals surface area contributed by atoms with Crippen molar-refractivity contribution in [3.63, 3.8) is 0 Å². The van der Waals surface area contributed by atoms with Crippen LogP contribution in [-0.4, -0.2) is 62.8 Å². The summed E-state index contributed by atoms with van der Waals surface area (Å²) >= 11 is 0. The Bertz CT molecular complexity index is 1180. The summed E-state index contributed by atoms with van der Waals surface area (Å²) in [4.78, 5) is 39.4. The Hall–Kier alpha value is -3.73. The lowest BCUT2D eigenvalue weighted by atomic mass is 9.93. The predicted octanol–water partition coefficient (Wildman–Crippen LogP) is 1.69. The summed E-state index contributed by atoms with van der Waals surface area (Å²) in [6.07, 6.45) is 6.05. The number of hydrogen-bond donors (Lipinski definition) is 3. The lowest BCUT2D eigenvalue weighted by Crippen LogP contribution is -2.36.